The Morgan fingerprint density at radius 1 is 1.13 bits per heavy atom. The zero-order valence-corrected chi connectivity index (χ0v) is 10.9. The average Bonchev–Trinajstić information content (AvgIpc) is 2.72. The van der Waals surface area contributed by atoms with E-state index in [-0.39, 0.29) is 24.0 Å². The first-order valence-corrected chi connectivity index (χ1v) is 5.02. The summed E-state index contributed by atoms with van der Waals surface area (Å²) in [5.74, 6) is 0.522. The van der Waals surface area contributed by atoms with Crippen LogP contribution in [0.25, 0.3) is 0 Å². The Morgan fingerprint density at radius 3 is 2.33 bits per heavy atom. The minimum Gasteiger partial charge on any atom is -0.343 e. The predicted molar refractivity (Wildman–Crippen MR) is 74.0 cm³/mol. The largest absolute Gasteiger partial charge is 0.343 e. The summed E-state index contributed by atoms with van der Waals surface area (Å²) in [4.78, 5) is 2.08. The lowest BCUT2D eigenvalue weighted by Crippen LogP contribution is -2.32. The summed E-state index contributed by atoms with van der Waals surface area (Å²) in [6.45, 7) is 2.03. The number of rotatable bonds is 1. The molecule has 2 N–H and O–H groups in total. The van der Waals surface area contributed by atoms with Gasteiger partial charge in [0, 0.05) is 18.8 Å². The molecule has 0 spiro atoms. The van der Waals surface area contributed by atoms with Crippen molar-refractivity contribution in [3.63, 3.8) is 0 Å². The monoisotopic (exact) mass is 317 g/mol. The molecule has 1 aliphatic heterocycles. The molecule has 0 unspecified atom stereocenters. The molecule has 0 aromatic heterocycles. The van der Waals surface area contributed by atoms with Gasteiger partial charge in [0.25, 0.3) is 0 Å². The number of halogens is 1. The van der Waals surface area contributed by atoms with Gasteiger partial charge in [0.05, 0.1) is 0 Å². The molecule has 0 amide bonds. The van der Waals surface area contributed by atoms with E-state index in [4.69, 9.17) is 5.41 Å². The molecule has 1 aromatic carbocycles. The Labute approximate surface area is 107 Å². The molecule has 0 radical (unpaired) electrons. The van der Waals surface area contributed by atoms with Crippen LogP contribution in [0.15, 0.2) is 30.3 Å². The van der Waals surface area contributed by atoms with E-state index in [0.29, 0.717) is 5.96 Å². The highest BCUT2D eigenvalue weighted by Crippen LogP contribution is 2.10. The van der Waals surface area contributed by atoms with Gasteiger partial charge in [-0.2, -0.15) is 0 Å². The molecule has 1 fully saturated rings. The number of nitrogens with zero attached hydrogens (tertiary/aromatic N) is 1. The van der Waals surface area contributed by atoms with Crippen LogP contribution in [0.1, 0.15) is 12.8 Å². The Balaban J connectivity index is 0.00000112. The van der Waals surface area contributed by atoms with Crippen molar-refractivity contribution < 1.29 is 0 Å². The molecule has 0 aliphatic carbocycles. The quantitative estimate of drug-likeness (QED) is 0.475. The highest BCUT2D eigenvalue weighted by Gasteiger charge is 2.14. The summed E-state index contributed by atoms with van der Waals surface area (Å²) < 4.78 is 0. The Kier molecular flexibility index (Phi) is 4.87. The summed E-state index contributed by atoms with van der Waals surface area (Å²) >= 11 is 0. The predicted octanol–water partition coefficient (Wildman–Crippen LogP) is 2.75. The molecule has 2 rings (SSSR count). The van der Waals surface area contributed by atoms with Crippen molar-refractivity contribution >= 4 is 35.6 Å². The Hall–Kier alpha value is -0.780. The topological polar surface area (TPSA) is 39.1 Å². The fraction of sp³-hybridized carbons (Fsp3) is 0.364. The minimum absolute atomic E-state index is 0. The molecular formula is C11H16IN3. The molecule has 0 saturated carbocycles. The van der Waals surface area contributed by atoms with E-state index in [1.54, 1.807) is 0 Å². The second-order valence-corrected chi connectivity index (χ2v) is 3.53. The lowest BCUT2D eigenvalue weighted by molar-refractivity contribution is 0.514. The molecule has 3 nitrogen and oxygen atoms in total. The van der Waals surface area contributed by atoms with E-state index in [9.17, 15) is 0 Å². The summed E-state index contributed by atoms with van der Waals surface area (Å²) in [5.41, 5.74) is 0.990. The van der Waals surface area contributed by atoms with Crippen molar-refractivity contribution in [3.05, 3.63) is 30.3 Å². The molecule has 0 atom stereocenters. The van der Waals surface area contributed by atoms with Crippen LogP contribution in [0.5, 0.6) is 0 Å². The minimum atomic E-state index is 0. The third-order valence-corrected chi connectivity index (χ3v) is 2.46. The molecule has 4 heteroatoms. The van der Waals surface area contributed by atoms with Gasteiger partial charge in [-0.1, -0.05) is 18.2 Å². The lowest BCUT2D eigenvalue weighted by atomic mass is 10.3. The smallest absolute Gasteiger partial charge is 0.195 e. The second-order valence-electron chi connectivity index (χ2n) is 3.53. The fourth-order valence-corrected chi connectivity index (χ4v) is 1.68. The molecule has 1 aromatic rings. The van der Waals surface area contributed by atoms with E-state index in [2.05, 4.69) is 10.2 Å². The van der Waals surface area contributed by atoms with Gasteiger partial charge in [0.1, 0.15) is 0 Å². The number of hydrogen-bond acceptors (Lipinski definition) is 1. The first-order chi connectivity index (χ1) is 6.86. The second kappa shape index (κ2) is 5.95. The maximum Gasteiger partial charge on any atom is 0.195 e. The van der Waals surface area contributed by atoms with Crippen LogP contribution >= 0.6 is 24.0 Å². The maximum absolute atomic E-state index is 7.84. The van der Waals surface area contributed by atoms with Gasteiger partial charge in [-0.3, -0.25) is 5.41 Å². The van der Waals surface area contributed by atoms with Gasteiger partial charge in [0.15, 0.2) is 5.96 Å². The van der Waals surface area contributed by atoms with Crippen molar-refractivity contribution in [2.24, 2.45) is 0 Å². The van der Waals surface area contributed by atoms with Crippen LogP contribution < -0.4 is 5.32 Å². The standard InChI is InChI=1S/C11H15N3.HI/c12-11(14-8-4-5-9-14)13-10-6-2-1-3-7-10;/h1-3,6-7H,4-5,8-9H2,(H2,12,13);1H. The van der Waals surface area contributed by atoms with E-state index < -0.39 is 0 Å². The van der Waals surface area contributed by atoms with Crippen LogP contribution in [0.4, 0.5) is 5.69 Å². The molecule has 1 aliphatic rings. The summed E-state index contributed by atoms with van der Waals surface area (Å²) in [6.07, 6.45) is 2.41. The van der Waals surface area contributed by atoms with E-state index in [1.807, 2.05) is 30.3 Å². The van der Waals surface area contributed by atoms with Crippen molar-refractivity contribution in [2.75, 3.05) is 18.4 Å². The number of nitrogens with one attached hydrogen (secondary N) is 2. The van der Waals surface area contributed by atoms with Crippen molar-refractivity contribution in [3.8, 4) is 0 Å². The highest BCUT2D eigenvalue weighted by molar-refractivity contribution is 14.0. The van der Waals surface area contributed by atoms with Crippen molar-refractivity contribution in [1.29, 1.82) is 5.41 Å². The normalized spacial score (nSPS) is 14.5. The van der Waals surface area contributed by atoms with Gasteiger partial charge in [0.2, 0.25) is 0 Å². The number of anilines is 1. The van der Waals surface area contributed by atoms with Crippen LogP contribution in [0.3, 0.4) is 0 Å². The van der Waals surface area contributed by atoms with Crippen LogP contribution in [0.2, 0.25) is 0 Å². The number of para-hydroxylation sites is 1. The van der Waals surface area contributed by atoms with E-state index >= 15 is 0 Å². The van der Waals surface area contributed by atoms with Crippen LogP contribution in [-0.2, 0) is 0 Å². The molecule has 1 saturated heterocycles. The first kappa shape index (κ1) is 12.3. The lowest BCUT2D eigenvalue weighted by Gasteiger charge is -2.19. The van der Waals surface area contributed by atoms with Gasteiger partial charge < -0.3 is 10.2 Å². The highest BCUT2D eigenvalue weighted by atomic mass is 127. The molecular weight excluding hydrogens is 301 g/mol. The zero-order valence-electron chi connectivity index (χ0n) is 8.57. The summed E-state index contributed by atoms with van der Waals surface area (Å²) in [5, 5.41) is 10.9. The number of likely N-dealkylation sites (tertiary alicyclic amines) is 1. The number of hydrogen-bond donors (Lipinski definition) is 2. The van der Waals surface area contributed by atoms with Crippen molar-refractivity contribution in [1.82, 2.24) is 4.90 Å². The van der Waals surface area contributed by atoms with E-state index in [0.717, 1.165) is 18.8 Å². The van der Waals surface area contributed by atoms with Gasteiger partial charge in [-0.15, -0.1) is 24.0 Å². The molecule has 15 heavy (non-hydrogen) atoms. The van der Waals surface area contributed by atoms with Gasteiger partial charge in [-0.05, 0) is 25.0 Å². The number of benzene rings is 1. The summed E-state index contributed by atoms with van der Waals surface area (Å²) in [6, 6.07) is 9.87. The van der Waals surface area contributed by atoms with Crippen LogP contribution in [-0.4, -0.2) is 23.9 Å². The third kappa shape index (κ3) is 3.37. The van der Waals surface area contributed by atoms with Gasteiger partial charge >= 0.3 is 0 Å². The summed E-state index contributed by atoms with van der Waals surface area (Å²) in [7, 11) is 0. The third-order valence-electron chi connectivity index (χ3n) is 2.46. The SMILES string of the molecule is I.N=C(Nc1ccccc1)N1CCCC1. The van der Waals surface area contributed by atoms with Crippen molar-refractivity contribution in [2.45, 2.75) is 12.8 Å². The Morgan fingerprint density at radius 2 is 1.73 bits per heavy atom. The average molecular weight is 317 g/mol. The maximum atomic E-state index is 7.84. The number of guanidine groups is 1. The Bertz CT molecular complexity index is 307. The molecule has 0 bridgehead atoms. The zero-order chi connectivity index (χ0) is 9.80. The van der Waals surface area contributed by atoms with Gasteiger partial charge in [-0.25, -0.2) is 0 Å². The molecule has 1 heterocycles. The van der Waals surface area contributed by atoms with Crippen LogP contribution in [0, 0.1) is 5.41 Å². The first-order valence-electron chi connectivity index (χ1n) is 5.02. The van der Waals surface area contributed by atoms with E-state index in [1.165, 1.54) is 12.8 Å². The fourth-order valence-electron chi connectivity index (χ4n) is 1.68. The molecule has 82 valence electrons.